The Morgan fingerprint density at radius 3 is 2.74 bits per heavy atom. The van der Waals surface area contributed by atoms with Crippen molar-refractivity contribution in [1.29, 1.82) is 0 Å². The quantitative estimate of drug-likeness (QED) is 0.656. The Hall–Kier alpha value is -3.25. The number of hydrogen-bond acceptors (Lipinski definition) is 5. The predicted octanol–water partition coefficient (Wildman–Crippen LogP) is 3.63. The first-order valence-electron chi connectivity index (χ1n) is 8.76. The predicted molar refractivity (Wildman–Crippen MR) is 111 cm³/mol. The van der Waals surface area contributed by atoms with E-state index in [9.17, 15) is 0 Å². The largest absolute Gasteiger partial charge is 0.368 e. The van der Waals surface area contributed by atoms with Gasteiger partial charge in [0.05, 0.1) is 17.1 Å². The zero-order chi connectivity index (χ0) is 19.4. The van der Waals surface area contributed by atoms with Gasteiger partial charge in [0.2, 0.25) is 5.95 Å². The van der Waals surface area contributed by atoms with E-state index in [1.165, 1.54) is 5.57 Å². The molecule has 0 bridgehead atoms. The highest BCUT2D eigenvalue weighted by Gasteiger charge is 2.18. The fraction of sp³-hybridized carbons (Fsp3) is 0.190. The van der Waals surface area contributed by atoms with Crippen molar-refractivity contribution in [3.63, 3.8) is 0 Å². The molecule has 0 amide bonds. The topological polar surface area (TPSA) is 81.1 Å². The van der Waals surface area contributed by atoms with Crippen LogP contribution in [0.25, 0.3) is 22.6 Å². The van der Waals surface area contributed by atoms with Gasteiger partial charge in [-0.25, -0.2) is 15.0 Å². The normalized spacial score (nSPS) is 11.6. The lowest BCUT2D eigenvalue weighted by Crippen LogP contribution is -2.05. The molecule has 0 spiro atoms. The van der Waals surface area contributed by atoms with E-state index in [1.807, 2.05) is 41.9 Å². The van der Waals surface area contributed by atoms with Crippen molar-refractivity contribution in [2.75, 3.05) is 12.8 Å². The molecule has 0 aromatic carbocycles. The van der Waals surface area contributed by atoms with Crippen LogP contribution in [0, 0.1) is 0 Å². The molecule has 138 valence electrons. The Labute approximate surface area is 159 Å². The lowest BCUT2D eigenvalue weighted by atomic mass is 10.1. The molecule has 0 fully saturated rings. The highest BCUT2D eigenvalue weighted by atomic mass is 15.1. The van der Waals surface area contributed by atoms with Crippen LogP contribution in [0.4, 0.5) is 5.95 Å². The van der Waals surface area contributed by atoms with E-state index in [1.54, 1.807) is 6.20 Å². The maximum atomic E-state index is 5.83. The van der Waals surface area contributed by atoms with Crippen LogP contribution in [0.15, 0.2) is 61.0 Å². The summed E-state index contributed by atoms with van der Waals surface area (Å²) in [7, 11) is 1.92. The van der Waals surface area contributed by atoms with E-state index in [-0.39, 0.29) is 5.95 Å². The van der Waals surface area contributed by atoms with Crippen molar-refractivity contribution in [2.24, 2.45) is 0 Å². The van der Waals surface area contributed by atoms with E-state index in [2.05, 4.69) is 47.8 Å². The Bertz CT molecular complexity index is 1040. The van der Waals surface area contributed by atoms with Gasteiger partial charge >= 0.3 is 0 Å². The monoisotopic (exact) mass is 360 g/mol. The van der Waals surface area contributed by atoms with Crippen LogP contribution in [-0.2, 0) is 6.54 Å². The van der Waals surface area contributed by atoms with Gasteiger partial charge in [-0.1, -0.05) is 30.4 Å². The molecule has 3 N–H and O–H groups in total. The first kappa shape index (κ1) is 18.5. The molecule has 6 heteroatoms. The van der Waals surface area contributed by atoms with Crippen molar-refractivity contribution in [2.45, 2.75) is 20.4 Å². The fourth-order valence-corrected chi connectivity index (χ4v) is 2.85. The van der Waals surface area contributed by atoms with Gasteiger partial charge in [-0.15, -0.1) is 0 Å². The van der Waals surface area contributed by atoms with Crippen LogP contribution >= 0.6 is 0 Å². The first-order valence-corrected chi connectivity index (χ1v) is 8.76. The summed E-state index contributed by atoms with van der Waals surface area (Å²) in [6.07, 6.45) is 9.54. The summed E-state index contributed by atoms with van der Waals surface area (Å²) in [6.45, 7) is 8.85. The summed E-state index contributed by atoms with van der Waals surface area (Å²) < 4.78 is 2.02. The minimum Gasteiger partial charge on any atom is -0.368 e. The molecule has 3 heterocycles. The molecule has 0 saturated carbocycles. The molecule has 27 heavy (non-hydrogen) atoms. The van der Waals surface area contributed by atoms with Gasteiger partial charge in [0.1, 0.15) is 5.65 Å². The third kappa shape index (κ3) is 3.96. The Morgan fingerprint density at radius 2 is 2.07 bits per heavy atom. The van der Waals surface area contributed by atoms with Crippen LogP contribution in [0.2, 0.25) is 0 Å². The van der Waals surface area contributed by atoms with Gasteiger partial charge in [0, 0.05) is 24.5 Å². The highest BCUT2D eigenvalue weighted by molar-refractivity contribution is 5.84. The number of hydrogen-bond donors (Lipinski definition) is 2. The number of fused-ring (bicyclic) bond motifs is 1. The van der Waals surface area contributed by atoms with Crippen LogP contribution in [0.1, 0.15) is 25.1 Å². The van der Waals surface area contributed by atoms with Crippen molar-refractivity contribution in [3.05, 3.63) is 72.2 Å². The number of aromatic nitrogens is 4. The number of anilines is 1. The maximum absolute atomic E-state index is 5.83. The van der Waals surface area contributed by atoms with Gasteiger partial charge in [0.15, 0.2) is 0 Å². The van der Waals surface area contributed by atoms with Gasteiger partial charge in [-0.05, 0) is 44.7 Å². The molecular weight excluding hydrogens is 336 g/mol. The van der Waals surface area contributed by atoms with Crippen molar-refractivity contribution >= 4 is 17.2 Å². The Morgan fingerprint density at radius 1 is 1.26 bits per heavy atom. The molecule has 3 aromatic rings. The van der Waals surface area contributed by atoms with Crippen LogP contribution < -0.4 is 11.1 Å². The summed E-state index contributed by atoms with van der Waals surface area (Å²) in [6, 6.07) is 5.97. The van der Waals surface area contributed by atoms with Gasteiger partial charge in [-0.2, -0.15) is 0 Å². The van der Waals surface area contributed by atoms with Gasteiger partial charge in [0.25, 0.3) is 0 Å². The average Bonchev–Trinajstić information content (AvgIpc) is 3.01. The number of allylic oxidation sites excluding steroid dienone is 5. The summed E-state index contributed by atoms with van der Waals surface area (Å²) in [5.41, 5.74) is 12.3. The molecule has 0 atom stereocenters. The van der Waals surface area contributed by atoms with Crippen molar-refractivity contribution < 1.29 is 0 Å². The maximum Gasteiger partial charge on any atom is 0.220 e. The summed E-state index contributed by atoms with van der Waals surface area (Å²) in [4.78, 5) is 13.3. The molecule has 3 aromatic heterocycles. The molecule has 0 aliphatic rings. The zero-order valence-corrected chi connectivity index (χ0v) is 15.9. The minimum absolute atomic E-state index is 0.230. The molecule has 6 nitrogen and oxygen atoms in total. The van der Waals surface area contributed by atoms with Crippen LogP contribution in [-0.4, -0.2) is 26.4 Å². The molecule has 0 aliphatic carbocycles. The van der Waals surface area contributed by atoms with E-state index in [0.29, 0.717) is 0 Å². The number of nitrogens with one attached hydrogen (secondary N) is 1. The molecule has 0 saturated heterocycles. The summed E-state index contributed by atoms with van der Waals surface area (Å²) in [5.74, 6) is 0.230. The van der Waals surface area contributed by atoms with Crippen molar-refractivity contribution in [3.8, 4) is 11.4 Å². The summed E-state index contributed by atoms with van der Waals surface area (Å²) >= 11 is 0. The van der Waals surface area contributed by atoms with Gasteiger partial charge < -0.3 is 11.1 Å². The second kappa shape index (κ2) is 7.97. The smallest absolute Gasteiger partial charge is 0.220 e. The highest BCUT2D eigenvalue weighted by Crippen LogP contribution is 2.30. The zero-order valence-electron chi connectivity index (χ0n) is 15.9. The second-order valence-electron chi connectivity index (χ2n) is 6.47. The number of nitrogens with two attached hydrogens (primary N) is 1. The Balaban J connectivity index is 2.30. The summed E-state index contributed by atoms with van der Waals surface area (Å²) in [5, 5.41) is 3.17. The molecule has 0 radical (unpaired) electrons. The average molecular weight is 360 g/mol. The molecular formula is C21H24N6. The standard InChI is InChI=1S/C21H24N6/c1-5-16(7-6-14(2)3)19-20(17-8-10-24-21(22)25-17)27-11-9-15(13-23-4)12-18(27)26-19/h5-12,23H,1,13H2,2-4H3,(H2,22,24,25)/b16-7+. The first-order chi connectivity index (χ1) is 13.0. The molecule has 0 aliphatic heterocycles. The van der Waals surface area contributed by atoms with Crippen molar-refractivity contribution in [1.82, 2.24) is 24.7 Å². The number of pyridine rings is 1. The molecule has 3 rings (SSSR count). The number of imidazole rings is 1. The van der Waals surface area contributed by atoms with Crippen LogP contribution in [0.5, 0.6) is 0 Å². The molecule has 0 unspecified atom stereocenters. The number of rotatable bonds is 6. The van der Waals surface area contributed by atoms with Gasteiger partial charge in [-0.3, -0.25) is 4.40 Å². The third-order valence-corrected chi connectivity index (χ3v) is 4.08. The Kier molecular flexibility index (Phi) is 5.47. The lowest BCUT2D eigenvalue weighted by molar-refractivity contribution is 0.816. The lowest BCUT2D eigenvalue weighted by Gasteiger charge is -2.06. The van der Waals surface area contributed by atoms with E-state index >= 15 is 0 Å². The minimum atomic E-state index is 0.230. The van der Waals surface area contributed by atoms with E-state index < -0.39 is 0 Å². The van der Waals surface area contributed by atoms with E-state index in [4.69, 9.17) is 10.7 Å². The number of nitrogen functional groups attached to an aromatic ring is 1. The SMILES string of the molecule is C=C/C(=C\C=C(C)C)c1nc2cc(CNC)ccn2c1-c1ccnc(N)n1. The third-order valence-electron chi connectivity index (χ3n) is 4.08. The van der Waals surface area contributed by atoms with E-state index in [0.717, 1.165) is 40.4 Å². The number of nitrogens with zero attached hydrogens (tertiary/aromatic N) is 4. The second-order valence-corrected chi connectivity index (χ2v) is 6.47. The fourth-order valence-electron chi connectivity index (χ4n) is 2.85. The van der Waals surface area contributed by atoms with Crippen LogP contribution in [0.3, 0.4) is 0 Å².